The molecular weight excluding hydrogens is 286 g/mol. The van der Waals surface area contributed by atoms with E-state index in [0.29, 0.717) is 42.3 Å². The van der Waals surface area contributed by atoms with Crippen molar-refractivity contribution in [3.8, 4) is 6.07 Å². The van der Waals surface area contributed by atoms with E-state index < -0.39 is 10.0 Å². The number of sulfonamides is 1. The second kappa shape index (κ2) is 5.78. The van der Waals surface area contributed by atoms with Crippen molar-refractivity contribution in [2.45, 2.75) is 6.42 Å². The van der Waals surface area contributed by atoms with Crippen LogP contribution in [0.1, 0.15) is 12.0 Å². The van der Waals surface area contributed by atoms with Crippen molar-refractivity contribution in [1.82, 2.24) is 4.31 Å². The van der Waals surface area contributed by atoms with Gasteiger partial charge in [-0.15, -0.1) is 0 Å². The van der Waals surface area contributed by atoms with Crippen molar-refractivity contribution in [1.29, 1.82) is 5.26 Å². The Morgan fingerprint density at radius 2 is 2.26 bits per heavy atom. The van der Waals surface area contributed by atoms with Crippen LogP contribution in [0.25, 0.3) is 0 Å². The zero-order chi connectivity index (χ0) is 13.9. The molecule has 0 atom stereocenters. The Morgan fingerprint density at radius 3 is 2.89 bits per heavy atom. The molecule has 102 valence electrons. The molecule has 1 fully saturated rings. The summed E-state index contributed by atoms with van der Waals surface area (Å²) in [5.41, 5.74) is 1.13. The first-order valence-electron chi connectivity index (χ1n) is 5.94. The third-order valence-corrected chi connectivity index (χ3v) is 5.17. The molecule has 0 aromatic heterocycles. The maximum absolute atomic E-state index is 11.6. The molecule has 7 heteroatoms. The molecule has 0 amide bonds. The SMILES string of the molecule is N#Cc1cc(Cl)ccc1NCCN1CCCS1(=O)=O. The summed E-state index contributed by atoms with van der Waals surface area (Å²) in [4.78, 5) is 0. The molecule has 0 bridgehead atoms. The van der Waals surface area contributed by atoms with Gasteiger partial charge >= 0.3 is 0 Å². The maximum atomic E-state index is 11.6. The molecule has 0 saturated carbocycles. The van der Waals surface area contributed by atoms with E-state index in [1.807, 2.05) is 0 Å². The average molecular weight is 300 g/mol. The molecular formula is C12H14ClN3O2S. The molecule has 1 aromatic carbocycles. The molecule has 1 N–H and O–H groups in total. The Labute approximate surface area is 117 Å². The van der Waals surface area contributed by atoms with Gasteiger partial charge in [-0.1, -0.05) is 11.6 Å². The monoisotopic (exact) mass is 299 g/mol. The summed E-state index contributed by atoms with van der Waals surface area (Å²) in [7, 11) is -3.06. The maximum Gasteiger partial charge on any atom is 0.214 e. The van der Waals surface area contributed by atoms with E-state index in [2.05, 4.69) is 11.4 Å². The number of nitrogens with zero attached hydrogens (tertiary/aromatic N) is 2. The smallest absolute Gasteiger partial charge is 0.214 e. The Hall–Kier alpha value is -1.29. The first kappa shape index (κ1) is 14.1. The lowest BCUT2D eigenvalue weighted by molar-refractivity contribution is 0.456. The number of nitriles is 1. The third-order valence-electron chi connectivity index (χ3n) is 2.98. The van der Waals surface area contributed by atoms with E-state index in [9.17, 15) is 8.42 Å². The van der Waals surface area contributed by atoms with Crippen LogP contribution in [0.15, 0.2) is 18.2 Å². The third kappa shape index (κ3) is 3.38. The predicted octanol–water partition coefficient (Wildman–Crippen LogP) is 1.66. The van der Waals surface area contributed by atoms with Gasteiger partial charge < -0.3 is 5.32 Å². The van der Waals surface area contributed by atoms with Crippen molar-refractivity contribution in [2.24, 2.45) is 0 Å². The Kier molecular flexibility index (Phi) is 4.30. The topological polar surface area (TPSA) is 73.2 Å². The molecule has 0 unspecified atom stereocenters. The molecule has 1 aromatic rings. The number of anilines is 1. The summed E-state index contributed by atoms with van der Waals surface area (Å²) in [6.45, 7) is 1.46. The quantitative estimate of drug-likeness (QED) is 0.917. The fourth-order valence-electron chi connectivity index (χ4n) is 2.02. The second-order valence-electron chi connectivity index (χ2n) is 4.30. The highest BCUT2D eigenvalue weighted by molar-refractivity contribution is 7.89. The van der Waals surface area contributed by atoms with E-state index in [4.69, 9.17) is 16.9 Å². The Morgan fingerprint density at radius 1 is 1.47 bits per heavy atom. The highest BCUT2D eigenvalue weighted by Crippen LogP contribution is 2.20. The minimum absolute atomic E-state index is 0.234. The van der Waals surface area contributed by atoms with E-state index in [1.165, 1.54) is 4.31 Å². The predicted molar refractivity (Wildman–Crippen MR) is 74.6 cm³/mol. The van der Waals surface area contributed by atoms with Gasteiger partial charge in [-0.2, -0.15) is 5.26 Å². The van der Waals surface area contributed by atoms with Gasteiger partial charge in [-0.05, 0) is 24.6 Å². The number of benzene rings is 1. The van der Waals surface area contributed by atoms with Crippen LogP contribution < -0.4 is 5.32 Å². The zero-order valence-corrected chi connectivity index (χ0v) is 11.8. The van der Waals surface area contributed by atoms with Crippen molar-refractivity contribution < 1.29 is 8.42 Å². The minimum atomic E-state index is -3.06. The lowest BCUT2D eigenvalue weighted by Gasteiger charge is -2.15. The Balaban J connectivity index is 1.95. The fraction of sp³-hybridized carbons (Fsp3) is 0.417. The van der Waals surface area contributed by atoms with Gasteiger partial charge in [0.25, 0.3) is 0 Å². The summed E-state index contributed by atoms with van der Waals surface area (Å²) in [6.07, 6.45) is 0.687. The van der Waals surface area contributed by atoms with Crippen LogP contribution in [0, 0.1) is 11.3 Å². The average Bonchev–Trinajstić information content (AvgIpc) is 2.70. The molecule has 1 aliphatic heterocycles. The molecule has 0 aliphatic carbocycles. The van der Waals surface area contributed by atoms with Crippen molar-refractivity contribution in [3.05, 3.63) is 28.8 Å². The molecule has 19 heavy (non-hydrogen) atoms. The largest absolute Gasteiger partial charge is 0.383 e. The van der Waals surface area contributed by atoms with Gasteiger partial charge in [0.15, 0.2) is 0 Å². The summed E-state index contributed by atoms with van der Waals surface area (Å²) >= 11 is 5.80. The summed E-state index contributed by atoms with van der Waals surface area (Å²) in [6, 6.07) is 7.05. The number of rotatable bonds is 4. The van der Waals surface area contributed by atoms with Gasteiger partial charge in [0.05, 0.1) is 17.0 Å². The molecule has 0 radical (unpaired) electrons. The van der Waals surface area contributed by atoms with Crippen LogP contribution >= 0.6 is 11.6 Å². The van der Waals surface area contributed by atoms with Gasteiger partial charge in [-0.25, -0.2) is 12.7 Å². The molecule has 0 spiro atoms. The first-order chi connectivity index (χ1) is 9.03. The summed E-state index contributed by atoms with van der Waals surface area (Å²) < 4.78 is 24.7. The number of hydrogen-bond acceptors (Lipinski definition) is 4. The lowest BCUT2D eigenvalue weighted by atomic mass is 10.2. The molecule has 2 rings (SSSR count). The normalized spacial score (nSPS) is 18.1. The van der Waals surface area contributed by atoms with Crippen LogP contribution in [0.2, 0.25) is 5.02 Å². The molecule has 1 saturated heterocycles. The first-order valence-corrected chi connectivity index (χ1v) is 7.93. The fourth-order valence-corrected chi connectivity index (χ4v) is 3.72. The minimum Gasteiger partial charge on any atom is -0.383 e. The van der Waals surface area contributed by atoms with Crippen LogP contribution in [0.5, 0.6) is 0 Å². The van der Waals surface area contributed by atoms with Crippen molar-refractivity contribution >= 4 is 27.3 Å². The number of halogens is 1. The molecule has 1 aliphatic rings. The highest BCUT2D eigenvalue weighted by atomic mass is 35.5. The van der Waals surface area contributed by atoms with Crippen LogP contribution in [-0.4, -0.2) is 38.1 Å². The Bertz CT molecular complexity index is 610. The number of hydrogen-bond donors (Lipinski definition) is 1. The highest BCUT2D eigenvalue weighted by Gasteiger charge is 2.27. The molecule has 5 nitrogen and oxygen atoms in total. The van der Waals surface area contributed by atoms with Gasteiger partial charge in [-0.3, -0.25) is 0 Å². The lowest BCUT2D eigenvalue weighted by Crippen LogP contribution is -2.30. The molecule has 1 heterocycles. The van der Waals surface area contributed by atoms with Crippen LogP contribution in [0.4, 0.5) is 5.69 Å². The van der Waals surface area contributed by atoms with E-state index >= 15 is 0 Å². The summed E-state index contributed by atoms with van der Waals surface area (Å²) in [5, 5.41) is 12.6. The van der Waals surface area contributed by atoms with Crippen molar-refractivity contribution in [2.75, 3.05) is 30.7 Å². The summed E-state index contributed by atoms with van der Waals surface area (Å²) in [5.74, 6) is 0.234. The van der Waals surface area contributed by atoms with Crippen LogP contribution in [0.3, 0.4) is 0 Å². The van der Waals surface area contributed by atoms with E-state index in [1.54, 1.807) is 18.2 Å². The van der Waals surface area contributed by atoms with Gasteiger partial charge in [0.1, 0.15) is 6.07 Å². The zero-order valence-electron chi connectivity index (χ0n) is 10.3. The van der Waals surface area contributed by atoms with Crippen LogP contribution in [-0.2, 0) is 10.0 Å². The van der Waals surface area contributed by atoms with Crippen molar-refractivity contribution in [3.63, 3.8) is 0 Å². The van der Waals surface area contributed by atoms with E-state index in [-0.39, 0.29) is 5.75 Å². The van der Waals surface area contributed by atoms with Gasteiger partial charge in [0, 0.05) is 24.7 Å². The number of nitrogens with one attached hydrogen (secondary N) is 1. The van der Waals surface area contributed by atoms with E-state index in [0.717, 1.165) is 0 Å². The standard InChI is InChI=1S/C12H14ClN3O2S/c13-11-2-3-12(10(8-11)9-14)15-4-6-16-5-1-7-19(16,17)18/h2-3,8,15H,1,4-7H2. The van der Waals surface area contributed by atoms with Gasteiger partial charge in [0.2, 0.25) is 10.0 Å². The second-order valence-corrected chi connectivity index (χ2v) is 6.82.